The standard InChI is InChI=1S/C25H19FN2O6S/c1-4-33-24(31)22-12(2)27-25(35-22)28-19(13-6-5-7-15(10-13)32-3)18-20(29)16-11-14(26)8-9-17(16)34-21(18)23(28)30/h5-11,19H,4H2,1-3H3/t19-/m1/s1. The zero-order valence-corrected chi connectivity index (χ0v) is 19.8. The van der Waals surface area contributed by atoms with E-state index in [4.69, 9.17) is 13.9 Å². The van der Waals surface area contributed by atoms with Crippen molar-refractivity contribution in [3.05, 3.63) is 86.0 Å². The average molecular weight is 495 g/mol. The van der Waals surface area contributed by atoms with Crippen molar-refractivity contribution in [3.8, 4) is 5.75 Å². The molecule has 4 aromatic rings. The van der Waals surface area contributed by atoms with Gasteiger partial charge in [0.15, 0.2) is 10.6 Å². The van der Waals surface area contributed by atoms with Gasteiger partial charge in [-0.25, -0.2) is 14.2 Å². The van der Waals surface area contributed by atoms with Crippen LogP contribution in [0.3, 0.4) is 0 Å². The Bertz CT molecular complexity index is 1560. The summed E-state index contributed by atoms with van der Waals surface area (Å²) in [5, 5.41) is 0.221. The van der Waals surface area contributed by atoms with Crippen LogP contribution < -0.4 is 15.1 Å². The third kappa shape index (κ3) is 3.66. The molecule has 0 unspecified atom stereocenters. The molecule has 1 atom stereocenters. The highest BCUT2D eigenvalue weighted by atomic mass is 32.1. The van der Waals surface area contributed by atoms with Crippen molar-refractivity contribution < 1.29 is 27.9 Å². The van der Waals surface area contributed by atoms with Gasteiger partial charge in [-0.3, -0.25) is 14.5 Å². The molecule has 1 amide bonds. The Hall–Kier alpha value is -4.05. The molecule has 1 aliphatic heterocycles. The Morgan fingerprint density at radius 3 is 2.77 bits per heavy atom. The molecule has 0 saturated heterocycles. The molecule has 0 bridgehead atoms. The van der Waals surface area contributed by atoms with Crippen molar-refractivity contribution in [3.63, 3.8) is 0 Å². The zero-order chi connectivity index (χ0) is 24.9. The predicted molar refractivity (Wildman–Crippen MR) is 127 cm³/mol. The monoisotopic (exact) mass is 494 g/mol. The second-order valence-corrected chi connectivity index (χ2v) is 8.78. The molecule has 2 aromatic carbocycles. The maximum Gasteiger partial charge on any atom is 0.350 e. The normalized spacial score (nSPS) is 14.9. The number of esters is 1. The Labute approximate surface area is 202 Å². The maximum atomic E-state index is 14.0. The van der Waals surface area contributed by atoms with Crippen LogP contribution in [0.4, 0.5) is 9.52 Å². The van der Waals surface area contributed by atoms with E-state index in [0.717, 1.165) is 23.5 Å². The van der Waals surface area contributed by atoms with Crippen molar-refractivity contribution in [2.24, 2.45) is 0 Å². The van der Waals surface area contributed by atoms with Gasteiger partial charge in [0.1, 0.15) is 22.0 Å². The lowest BCUT2D eigenvalue weighted by atomic mass is 9.98. The number of anilines is 1. The number of halogens is 1. The van der Waals surface area contributed by atoms with Gasteiger partial charge < -0.3 is 13.9 Å². The molecular formula is C25H19FN2O6S. The lowest BCUT2D eigenvalue weighted by Crippen LogP contribution is -2.29. The number of aromatic nitrogens is 1. The van der Waals surface area contributed by atoms with Gasteiger partial charge in [-0.15, -0.1) is 0 Å². The number of carbonyl (C=O) groups excluding carboxylic acids is 2. The largest absolute Gasteiger partial charge is 0.497 e. The molecule has 8 nitrogen and oxygen atoms in total. The number of rotatable bonds is 5. The fourth-order valence-corrected chi connectivity index (χ4v) is 5.13. The van der Waals surface area contributed by atoms with Gasteiger partial charge in [-0.2, -0.15) is 0 Å². The lowest BCUT2D eigenvalue weighted by Gasteiger charge is -2.22. The van der Waals surface area contributed by atoms with Crippen LogP contribution in [0, 0.1) is 12.7 Å². The average Bonchev–Trinajstić information content (AvgIpc) is 3.37. The highest BCUT2D eigenvalue weighted by molar-refractivity contribution is 7.17. The van der Waals surface area contributed by atoms with Crippen LogP contribution in [-0.4, -0.2) is 30.6 Å². The molecular weight excluding hydrogens is 475 g/mol. The summed E-state index contributed by atoms with van der Waals surface area (Å²) >= 11 is 0.985. The van der Waals surface area contributed by atoms with E-state index in [-0.39, 0.29) is 38.9 Å². The zero-order valence-electron chi connectivity index (χ0n) is 19.0. The van der Waals surface area contributed by atoms with E-state index in [1.165, 1.54) is 18.1 Å². The summed E-state index contributed by atoms with van der Waals surface area (Å²) in [5.41, 5.74) is 0.584. The minimum atomic E-state index is -0.933. The summed E-state index contributed by atoms with van der Waals surface area (Å²) in [6.45, 7) is 3.52. The number of benzene rings is 2. The van der Waals surface area contributed by atoms with Crippen LogP contribution in [0.25, 0.3) is 11.0 Å². The number of methoxy groups -OCH3 is 1. The van der Waals surface area contributed by atoms with E-state index in [9.17, 15) is 18.8 Å². The first-order chi connectivity index (χ1) is 16.8. The third-order valence-electron chi connectivity index (χ3n) is 5.69. The molecule has 0 spiro atoms. The Morgan fingerprint density at radius 2 is 2.03 bits per heavy atom. The molecule has 0 saturated carbocycles. The van der Waals surface area contributed by atoms with E-state index in [0.29, 0.717) is 17.0 Å². The van der Waals surface area contributed by atoms with Crippen LogP contribution in [0.5, 0.6) is 5.75 Å². The summed E-state index contributed by atoms with van der Waals surface area (Å²) < 4.78 is 30.2. The molecule has 2 aromatic heterocycles. The fraction of sp³-hybridized carbons (Fsp3) is 0.200. The molecule has 0 aliphatic carbocycles. The molecule has 0 radical (unpaired) electrons. The highest BCUT2D eigenvalue weighted by Crippen LogP contribution is 2.43. The molecule has 1 aliphatic rings. The van der Waals surface area contributed by atoms with Gasteiger partial charge in [-0.05, 0) is 49.7 Å². The van der Waals surface area contributed by atoms with Gasteiger partial charge in [0.05, 0.1) is 36.4 Å². The summed E-state index contributed by atoms with van der Waals surface area (Å²) in [6.07, 6.45) is 0. The summed E-state index contributed by atoms with van der Waals surface area (Å²) in [7, 11) is 1.51. The van der Waals surface area contributed by atoms with Gasteiger partial charge in [-0.1, -0.05) is 23.5 Å². The van der Waals surface area contributed by atoms with Gasteiger partial charge in [0.2, 0.25) is 5.76 Å². The third-order valence-corrected chi connectivity index (χ3v) is 6.83. The van der Waals surface area contributed by atoms with E-state index >= 15 is 0 Å². The molecule has 0 fully saturated rings. The SMILES string of the molecule is CCOC(=O)c1sc(N2C(=O)c3oc4ccc(F)cc4c(=O)c3[C@H]2c2cccc(OC)c2)nc1C. The first-order valence-corrected chi connectivity index (χ1v) is 11.5. The van der Waals surface area contributed by atoms with E-state index in [1.54, 1.807) is 38.1 Å². The van der Waals surface area contributed by atoms with Crippen molar-refractivity contribution in [2.75, 3.05) is 18.6 Å². The maximum absolute atomic E-state index is 14.0. The van der Waals surface area contributed by atoms with Crippen molar-refractivity contribution >= 4 is 39.3 Å². The minimum Gasteiger partial charge on any atom is -0.497 e. The number of fused-ring (bicyclic) bond motifs is 2. The summed E-state index contributed by atoms with van der Waals surface area (Å²) in [4.78, 5) is 45.6. The first kappa shape index (κ1) is 22.7. The molecule has 5 rings (SSSR count). The second kappa shape index (κ2) is 8.62. The van der Waals surface area contributed by atoms with Crippen LogP contribution in [0.15, 0.2) is 51.7 Å². The Kier molecular flexibility index (Phi) is 5.60. The van der Waals surface area contributed by atoms with Gasteiger partial charge in [0.25, 0.3) is 5.91 Å². The number of hydrogen-bond acceptors (Lipinski definition) is 8. The predicted octanol–water partition coefficient (Wildman–Crippen LogP) is 4.63. The number of hydrogen-bond donors (Lipinski definition) is 0. The van der Waals surface area contributed by atoms with Crippen molar-refractivity contribution in [1.29, 1.82) is 0 Å². The molecule has 178 valence electrons. The van der Waals surface area contributed by atoms with Crippen LogP contribution in [0.1, 0.15) is 50.0 Å². The number of carbonyl (C=O) groups is 2. The van der Waals surface area contributed by atoms with Crippen LogP contribution >= 0.6 is 11.3 Å². The summed E-state index contributed by atoms with van der Waals surface area (Å²) in [5.74, 6) is -1.39. The van der Waals surface area contributed by atoms with E-state index in [1.807, 2.05) is 0 Å². The lowest BCUT2D eigenvalue weighted by molar-refractivity contribution is 0.0531. The molecule has 10 heteroatoms. The van der Waals surface area contributed by atoms with Gasteiger partial charge >= 0.3 is 5.97 Å². The minimum absolute atomic E-state index is 0.0221. The Balaban J connectivity index is 1.76. The van der Waals surface area contributed by atoms with Crippen molar-refractivity contribution in [2.45, 2.75) is 19.9 Å². The highest BCUT2D eigenvalue weighted by Gasteiger charge is 2.45. The number of aryl methyl sites for hydroxylation is 1. The van der Waals surface area contributed by atoms with E-state index < -0.39 is 29.2 Å². The Morgan fingerprint density at radius 1 is 1.23 bits per heavy atom. The number of amides is 1. The fourth-order valence-electron chi connectivity index (χ4n) is 4.14. The molecule has 35 heavy (non-hydrogen) atoms. The quantitative estimate of drug-likeness (QED) is 0.373. The first-order valence-electron chi connectivity index (χ1n) is 10.7. The van der Waals surface area contributed by atoms with Crippen LogP contribution in [0.2, 0.25) is 0 Å². The van der Waals surface area contributed by atoms with Gasteiger partial charge in [0, 0.05) is 0 Å². The number of nitrogens with zero attached hydrogens (tertiary/aromatic N) is 2. The number of ether oxygens (including phenoxy) is 2. The van der Waals surface area contributed by atoms with E-state index in [2.05, 4.69) is 4.98 Å². The smallest absolute Gasteiger partial charge is 0.350 e. The summed E-state index contributed by atoms with van der Waals surface area (Å²) in [6, 6.07) is 9.53. The van der Waals surface area contributed by atoms with Crippen LogP contribution in [-0.2, 0) is 4.74 Å². The molecule has 0 N–H and O–H groups in total. The molecule has 3 heterocycles. The van der Waals surface area contributed by atoms with Crippen molar-refractivity contribution in [1.82, 2.24) is 4.98 Å². The second-order valence-electron chi connectivity index (χ2n) is 7.80. The topological polar surface area (TPSA) is 98.9 Å². The number of thiazole rings is 1.